The lowest BCUT2D eigenvalue weighted by atomic mass is 10.3. The normalized spacial score (nSPS) is 11.3. The van der Waals surface area contributed by atoms with Crippen LogP contribution in [0.25, 0.3) is 0 Å². The summed E-state index contributed by atoms with van der Waals surface area (Å²) >= 11 is 0. The summed E-state index contributed by atoms with van der Waals surface area (Å²) in [6.07, 6.45) is -1.80. The SMILES string of the molecule is O=C(c1ccccn1)N(Cc1ccco1)CC(F)(F)F. The zero-order chi connectivity index (χ0) is 14.6. The molecule has 0 aliphatic carbocycles. The Balaban J connectivity index is 2.19. The Kier molecular flexibility index (Phi) is 4.07. The minimum atomic E-state index is -4.49. The second-order valence-electron chi connectivity index (χ2n) is 4.07. The van der Waals surface area contributed by atoms with E-state index in [0.29, 0.717) is 4.90 Å². The maximum absolute atomic E-state index is 12.6. The lowest BCUT2D eigenvalue weighted by molar-refractivity contribution is -0.142. The molecule has 4 nitrogen and oxygen atoms in total. The fourth-order valence-electron chi connectivity index (χ4n) is 1.66. The Morgan fingerprint density at radius 2 is 2.05 bits per heavy atom. The molecule has 2 heterocycles. The summed E-state index contributed by atoms with van der Waals surface area (Å²) < 4.78 is 42.7. The van der Waals surface area contributed by atoms with Gasteiger partial charge in [0.25, 0.3) is 5.91 Å². The number of halogens is 3. The van der Waals surface area contributed by atoms with Crippen LogP contribution in [-0.2, 0) is 6.54 Å². The molecule has 0 saturated heterocycles. The van der Waals surface area contributed by atoms with Crippen LogP contribution in [0.2, 0.25) is 0 Å². The Hall–Kier alpha value is -2.31. The van der Waals surface area contributed by atoms with Gasteiger partial charge in [0, 0.05) is 6.20 Å². The molecule has 0 unspecified atom stereocenters. The van der Waals surface area contributed by atoms with E-state index >= 15 is 0 Å². The number of furan rings is 1. The van der Waals surface area contributed by atoms with Crippen molar-refractivity contribution in [3.05, 3.63) is 54.2 Å². The third-order valence-electron chi connectivity index (χ3n) is 2.47. The van der Waals surface area contributed by atoms with Crippen molar-refractivity contribution in [3.63, 3.8) is 0 Å². The lowest BCUT2D eigenvalue weighted by Gasteiger charge is -2.22. The Morgan fingerprint density at radius 1 is 1.25 bits per heavy atom. The van der Waals surface area contributed by atoms with E-state index in [4.69, 9.17) is 4.42 Å². The first-order chi connectivity index (χ1) is 9.46. The minimum absolute atomic E-state index is 0.0386. The quantitative estimate of drug-likeness (QED) is 0.867. The molecule has 7 heteroatoms. The largest absolute Gasteiger partial charge is 0.467 e. The highest BCUT2D eigenvalue weighted by molar-refractivity contribution is 5.92. The lowest BCUT2D eigenvalue weighted by Crippen LogP contribution is -2.38. The van der Waals surface area contributed by atoms with Gasteiger partial charge in [-0.2, -0.15) is 13.2 Å². The van der Waals surface area contributed by atoms with Crippen LogP contribution in [0.1, 0.15) is 16.2 Å². The fraction of sp³-hybridized carbons (Fsp3) is 0.231. The Morgan fingerprint density at radius 3 is 2.60 bits per heavy atom. The maximum atomic E-state index is 12.6. The summed E-state index contributed by atoms with van der Waals surface area (Å²) in [7, 11) is 0. The first-order valence-electron chi connectivity index (χ1n) is 5.75. The van der Waals surface area contributed by atoms with Crippen molar-refractivity contribution in [3.8, 4) is 0 Å². The number of aromatic nitrogens is 1. The van der Waals surface area contributed by atoms with E-state index in [2.05, 4.69) is 4.98 Å². The predicted molar refractivity (Wildman–Crippen MR) is 63.7 cm³/mol. The van der Waals surface area contributed by atoms with Crippen LogP contribution in [-0.4, -0.2) is 28.5 Å². The van der Waals surface area contributed by atoms with Crippen LogP contribution in [0.4, 0.5) is 13.2 Å². The molecule has 1 amide bonds. The summed E-state index contributed by atoms with van der Waals surface area (Å²) in [6.45, 7) is -1.62. The van der Waals surface area contributed by atoms with Crippen molar-refractivity contribution in [2.75, 3.05) is 6.54 Å². The second kappa shape index (κ2) is 5.77. The number of hydrogen-bond donors (Lipinski definition) is 0. The molecule has 0 atom stereocenters. The van der Waals surface area contributed by atoms with Crippen LogP contribution >= 0.6 is 0 Å². The van der Waals surface area contributed by atoms with E-state index in [-0.39, 0.29) is 18.0 Å². The van der Waals surface area contributed by atoms with E-state index in [0.717, 1.165) is 0 Å². The molecule has 0 bridgehead atoms. The molecule has 0 aromatic carbocycles. The molecule has 2 aromatic rings. The summed E-state index contributed by atoms with van der Waals surface area (Å²) in [5.74, 6) is -0.516. The number of hydrogen-bond acceptors (Lipinski definition) is 3. The third kappa shape index (κ3) is 3.84. The number of rotatable bonds is 4. The summed E-state index contributed by atoms with van der Waals surface area (Å²) in [5.41, 5.74) is -0.0386. The number of nitrogens with zero attached hydrogens (tertiary/aromatic N) is 2. The van der Waals surface area contributed by atoms with Gasteiger partial charge in [-0.25, -0.2) is 0 Å². The minimum Gasteiger partial charge on any atom is -0.467 e. The number of alkyl halides is 3. The zero-order valence-electron chi connectivity index (χ0n) is 10.3. The van der Waals surface area contributed by atoms with Crippen LogP contribution < -0.4 is 0 Å². The molecule has 0 aliphatic heterocycles. The molecule has 2 aromatic heterocycles. The molecule has 0 saturated carbocycles. The smallest absolute Gasteiger partial charge is 0.406 e. The first kappa shape index (κ1) is 14.1. The number of carbonyl (C=O) groups is 1. The molecule has 0 spiro atoms. The standard InChI is InChI=1S/C13H11F3N2O2/c14-13(15,16)9-18(8-10-4-3-7-20-10)12(19)11-5-1-2-6-17-11/h1-7H,8-9H2. The molecular weight excluding hydrogens is 273 g/mol. The van der Waals surface area contributed by atoms with Gasteiger partial charge in [0.1, 0.15) is 18.0 Å². The van der Waals surface area contributed by atoms with Crippen LogP contribution in [0.15, 0.2) is 47.2 Å². The second-order valence-corrected chi connectivity index (χ2v) is 4.07. The van der Waals surface area contributed by atoms with Crippen molar-refractivity contribution in [1.82, 2.24) is 9.88 Å². The van der Waals surface area contributed by atoms with Crippen LogP contribution in [0.3, 0.4) is 0 Å². The number of carbonyl (C=O) groups excluding carboxylic acids is 1. The van der Waals surface area contributed by atoms with Gasteiger partial charge in [-0.1, -0.05) is 6.07 Å². The van der Waals surface area contributed by atoms with Gasteiger partial charge < -0.3 is 9.32 Å². The molecular formula is C13H11F3N2O2. The third-order valence-corrected chi connectivity index (χ3v) is 2.47. The van der Waals surface area contributed by atoms with Gasteiger partial charge >= 0.3 is 6.18 Å². The van der Waals surface area contributed by atoms with E-state index in [1.165, 1.54) is 24.6 Å². The topological polar surface area (TPSA) is 46.3 Å². The molecule has 106 valence electrons. The summed E-state index contributed by atoms with van der Waals surface area (Å²) in [6, 6.07) is 7.55. The highest BCUT2D eigenvalue weighted by Crippen LogP contribution is 2.19. The molecule has 0 fully saturated rings. The van der Waals surface area contributed by atoms with Crippen LogP contribution in [0, 0.1) is 0 Å². The van der Waals surface area contributed by atoms with Gasteiger partial charge in [-0.15, -0.1) is 0 Å². The van der Waals surface area contributed by atoms with Crippen molar-refractivity contribution in [2.45, 2.75) is 12.7 Å². The fourth-order valence-corrected chi connectivity index (χ4v) is 1.66. The van der Waals surface area contributed by atoms with Crippen LogP contribution in [0.5, 0.6) is 0 Å². The van der Waals surface area contributed by atoms with Crippen molar-refractivity contribution >= 4 is 5.91 Å². The molecule has 2 rings (SSSR count). The molecule has 0 aliphatic rings. The summed E-state index contributed by atoms with van der Waals surface area (Å²) in [5, 5.41) is 0. The molecule has 0 radical (unpaired) electrons. The number of pyridine rings is 1. The average Bonchev–Trinajstić information content (AvgIpc) is 2.89. The van der Waals surface area contributed by atoms with Gasteiger partial charge in [0.05, 0.1) is 12.8 Å². The Labute approximate surface area is 112 Å². The van der Waals surface area contributed by atoms with Crippen molar-refractivity contribution < 1.29 is 22.4 Å². The van der Waals surface area contributed by atoms with Crippen molar-refractivity contribution in [2.24, 2.45) is 0 Å². The molecule has 0 N–H and O–H groups in total. The van der Waals surface area contributed by atoms with Gasteiger partial charge in [0.2, 0.25) is 0 Å². The van der Waals surface area contributed by atoms with E-state index < -0.39 is 18.6 Å². The van der Waals surface area contributed by atoms with Crippen molar-refractivity contribution in [1.29, 1.82) is 0 Å². The average molecular weight is 284 g/mol. The monoisotopic (exact) mass is 284 g/mol. The Bertz CT molecular complexity index is 553. The maximum Gasteiger partial charge on any atom is 0.406 e. The highest BCUT2D eigenvalue weighted by atomic mass is 19.4. The summed E-state index contributed by atoms with van der Waals surface area (Å²) in [4.78, 5) is 16.5. The molecule has 20 heavy (non-hydrogen) atoms. The highest BCUT2D eigenvalue weighted by Gasteiger charge is 2.34. The number of amides is 1. The van der Waals surface area contributed by atoms with E-state index in [1.807, 2.05) is 0 Å². The van der Waals surface area contributed by atoms with E-state index in [9.17, 15) is 18.0 Å². The van der Waals surface area contributed by atoms with Gasteiger partial charge in [-0.05, 0) is 24.3 Å². The first-order valence-corrected chi connectivity index (χ1v) is 5.75. The van der Waals surface area contributed by atoms with E-state index in [1.54, 1.807) is 18.2 Å². The zero-order valence-corrected chi connectivity index (χ0v) is 10.3. The van der Waals surface area contributed by atoms with Gasteiger partial charge in [0.15, 0.2) is 0 Å². The predicted octanol–water partition coefficient (Wildman–Crippen LogP) is 2.88. The van der Waals surface area contributed by atoms with Gasteiger partial charge in [-0.3, -0.25) is 9.78 Å².